The van der Waals surface area contributed by atoms with Crippen molar-refractivity contribution in [2.75, 3.05) is 19.8 Å². The number of carboxylic acid groups (broad SMARTS) is 1. The summed E-state index contributed by atoms with van der Waals surface area (Å²) in [4.78, 5) is 38.4. The normalized spacial score (nSPS) is 25.2. The van der Waals surface area contributed by atoms with Crippen LogP contribution >= 0.6 is 0 Å². The molecular weight excluding hydrogens is 1020 g/mol. The van der Waals surface area contributed by atoms with Gasteiger partial charge in [-0.25, -0.2) is 4.79 Å². The maximum atomic E-state index is 13.4. The molecule has 2 heterocycles. The number of ether oxygens (including phenoxy) is 4. The molecule has 0 aromatic carbocycles. The second kappa shape index (κ2) is 44.9. The lowest BCUT2D eigenvalue weighted by atomic mass is 9.88. The third-order valence-electron chi connectivity index (χ3n) is 15.5. The van der Waals surface area contributed by atoms with Gasteiger partial charge < -0.3 is 75.5 Å². The van der Waals surface area contributed by atoms with Crippen molar-refractivity contribution in [3.05, 3.63) is 24.3 Å². The zero-order valence-electron chi connectivity index (χ0n) is 49.0. The summed E-state index contributed by atoms with van der Waals surface area (Å²) in [5, 5.41) is 102. The number of hydrogen-bond donors (Lipinski definition) is 11. The molecule has 0 radical (unpaired) electrons. The molecule has 2 saturated heterocycles. The maximum Gasteiger partial charge on any atom is 0.364 e. The zero-order chi connectivity index (χ0) is 58.1. The first-order valence-corrected chi connectivity index (χ1v) is 31.2. The van der Waals surface area contributed by atoms with Crippen LogP contribution in [0.25, 0.3) is 0 Å². The first kappa shape index (κ1) is 72.5. The molecule has 4 unspecified atom stereocenters. The summed E-state index contributed by atoms with van der Waals surface area (Å²) < 4.78 is 23.2. The number of allylic oxidation sites excluding steroid dienone is 3. The molecule has 2 rings (SSSR count). The van der Waals surface area contributed by atoms with Crippen molar-refractivity contribution in [2.45, 2.75) is 325 Å². The van der Waals surface area contributed by atoms with Gasteiger partial charge in [-0.05, 0) is 44.9 Å². The Kier molecular flexibility index (Phi) is 41.2. The van der Waals surface area contributed by atoms with E-state index in [2.05, 4.69) is 36.6 Å². The second-order valence-corrected chi connectivity index (χ2v) is 22.6. The van der Waals surface area contributed by atoms with Gasteiger partial charge in [-0.1, -0.05) is 205 Å². The van der Waals surface area contributed by atoms with E-state index in [-0.39, 0.29) is 12.3 Å². The smallest absolute Gasteiger partial charge is 0.364 e. The zero-order valence-corrected chi connectivity index (χ0v) is 49.0. The molecule has 13 atom stereocenters. The van der Waals surface area contributed by atoms with Crippen LogP contribution in [0.5, 0.6) is 0 Å². The first-order chi connectivity index (χ1) is 38.2. The van der Waals surface area contributed by atoms with Gasteiger partial charge in [-0.15, -0.1) is 0 Å². The highest BCUT2D eigenvalue weighted by Gasteiger charge is 2.59. The molecule has 79 heavy (non-hydrogen) atoms. The summed E-state index contributed by atoms with van der Waals surface area (Å²) in [5.74, 6) is -5.88. The topological polar surface area (TPSA) is 294 Å². The molecule has 0 aromatic heterocycles. The third-order valence-corrected chi connectivity index (χ3v) is 15.5. The number of unbranched alkanes of at least 4 members (excludes halogenated alkanes) is 30. The number of amides is 2. The minimum Gasteiger partial charge on any atom is -0.477 e. The van der Waals surface area contributed by atoms with Crippen LogP contribution < -0.4 is 10.6 Å². The summed E-state index contributed by atoms with van der Waals surface area (Å²) in [6.45, 7) is 3.25. The number of aliphatic hydroxyl groups is 8. The van der Waals surface area contributed by atoms with Gasteiger partial charge in [-0.2, -0.15) is 0 Å². The minimum atomic E-state index is -2.96. The first-order valence-electron chi connectivity index (χ1n) is 31.2. The molecule has 0 aromatic rings. The molecule has 0 aliphatic carbocycles. The number of carbonyl (C=O) groups excluding carboxylic acids is 2. The van der Waals surface area contributed by atoms with Gasteiger partial charge in [0, 0.05) is 19.8 Å². The van der Waals surface area contributed by atoms with E-state index in [0.29, 0.717) is 12.8 Å². The molecule has 0 spiro atoms. The van der Waals surface area contributed by atoms with E-state index >= 15 is 0 Å². The van der Waals surface area contributed by atoms with Crippen LogP contribution in [0.15, 0.2) is 24.3 Å². The van der Waals surface area contributed by atoms with E-state index in [1.165, 1.54) is 154 Å². The Balaban J connectivity index is 1.97. The van der Waals surface area contributed by atoms with Crippen molar-refractivity contribution in [2.24, 2.45) is 0 Å². The van der Waals surface area contributed by atoms with Gasteiger partial charge in [-0.3, -0.25) is 9.59 Å². The molecule has 11 N–H and O–H groups in total. The molecule has 18 nitrogen and oxygen atoms in total. The molecule has 2 aliphatic heterocycles. The number of aliphatic hydroxyl groups excluding tert-OH is 8. The fourth-order valence-corrected chi connectivity index (χ4v) is 10.6. The van der Waals surface area contributed by atoms with Crippen molar-refractivity contribution in [3.8, 4) is 0 Å². The Morgan fingerprint density at radius 2 is 1.10 bits per heavy atom. The number of hydrogen-bond acceptors (Lipinski definition) is 15. The minimum absolute atomic E-state index is 0.204. The number of aliphatic carboxylic acids is 1. The summed E-state index contributed by atoms with van der Waals surface area (Å²) in [5.41, 5.74) is 0. The maximum absolute atomic E-state index is 13.4. The molecule has 0 saturated carbocycles. The largest absolute Gasteiger partial charge is 0.477 e. The van der Waals surface area contributed by atoms with Crippen molar-refractivity contribution < 1.29 is 79.3 Å². The van der Waals surface area contributed by atoms with E-state index in [1.807, 2.05) is 6.08 Å². The van der Waals surface area contributed by atoms with Crippen molar-refractivity contribution in [1.82, 2.24) is 10.6 Å². The van der Waals surface area contributed by atoms with Crippen molar-refractivity contribution in [3.63, 3.8) is 0 Å². The molecule has 2 amide bonds. The fraction of sp³-hybridized carbons (Fsp3) is 0.885. The fourth-order valence-electron chi connectivity index (χ4n) is 10.6. The van der Waals surface area contributed by atoms with Gasteiger partial charge >= 0.3 is 5.97 Å². The molecule has 2 aliphatic rings. The molecule has 462 valence electrons. The monoisotopic (exact) mass is 1130 g/mol. The quantitative estimate of drug-likeness (QED) is 0.0202. The third kappa shape index (κ3) is 30.5. The Labute approximate surface area is 474 Å². The molecule has 0 bridgehead atoms. The van der Waals surface area contributed by atoms with Crippen LogP contribution in [0.1, 0.15) is 245 Å². The Morgan fingerprint density at radius 3 is 1.54 bits per heavy atom. The summed E-state index contributed by atoms with van der Waals surface area (Å²) in [6, 6.07) is -2.56. The molecule has 18 heteroatoms. The lowest BCUT2D eigenvalue weighted by molar-refractivity contribution is -0.370. The number of nitrogens with one attached hydrogen (secondary N) is 2. The van der Waals surface area contributed by atoms with E-state index in [9.17, 15) is 60.3 Å². The van der Waals surface area contributed by atoms with Gasteiger partial charge in [0.05, 0.1) is 44.1 Å². The number of carbonyl (C=O) groups is 3. The van der Waals surface area contributed by atoms with Crippen molar-refractivity contribution >= 4 is 17.8 Å². The van der Waals surface area contributed by atoms with Crippen LogP contribution in [0, 0.1) is 0 Å². The highest BCUT2D eigenvalue weighted by atomic mass is 16.8. The van der Waals surface area contributed by atoms with Crippen LogP contribution in [0.2, 0.25) is 0 Å². The lowest BCUT2D eigenvalue weighted by Gasteiger charge is -2.50. The lowest BCUT2D eigenvalue weighted by Crippen LogP contribution is -2.70. The Bertz CT molecular complexity index is 1610. The van der Waals surface area contributed by atoms with E-state index in [1.54, 1.807) is 6.08 Å². The van der Waals surface area contributed by atoms with E-state index < -0.39 is 117 Å². The summed E-state index contributed by atoms with van der Waals surface area (Å²) in [7, 11) is 0. The SMILES string of the molecule is CCCCCCCC/C=C\CCCCCCCCCCCCCCCC(=O)N[C@@H](CO[C@@H]1OC(CO)[C@H](O)[C@H](O[C@]2(C(=O)O)CC(O)[C@@H](NC(C)=O)C([C@H](O)[C@H](O)CO)O2)C1O)[C@H](O)/C=C/CCCCCCCCCCCCC. The predicted octanol–water partition coefficient (Wildman–Crippen LogP) is 8.24. The Morgan fingerprint density at radius 1 is 0.646 bits per heavy atom. The van der Waals surface area contributed by atoms with E-state index in [0.717, 1.165) is 51.9 Å². The van der Waals surface area contributed by atoms with Crippen molar-refractivity contribution in [1.29, 1.82) is 0 Å². The van der Waals surface area contributed by atoms with Gasteiger partial charge in [0.2, 0.25) is 11.8 Å². The van der Waals surface area contributed by atoms with Crippen LogP contribution in [-0.4, -0.2) is 163 Å². The van der Waals surface area contributed by atoms with E-state index in [4.69, 9.17) is 18.9 Å². The predicted molar refractivity (Wildman–Crippen MR) is 306 cm³/mol. The molecule has 2 fully saturated rings. The van der Waals surface area contributed by atoms with Crippen LogP contribution in [-0.2, 0) is 33.3 Å². The average molecular weight is 1130 g/mol. The highest BCUT2D eigenvalue weighted by molar-refractivity contribution is 5.77. The molecular formula is C61H112N2O16. The second-order valence-electron chi connectivity index (χ2n) is 22.6. The van der Waals surface area contributed by atoms with Crippen LogP contribution in [0.4, 0.5) is 0 Å². The standard InChI is InChI=1S/C61H112N2O16/c1-4-6-8-10-12-14-16-18-19-20-21-22-23-24-25-26-27-29-31-33-35-37-39-41-52(70)63-47(48(67)40-38-36-34-32-30-28-17-15-13-11-9-7-5-2)45-76-59-56(73)58(55(72)51(44-65)77-59)79-61(60(74)75)42-49(68)53(62-46(3)66)57(78-61)54(71)50(69)43-64/h18-19,38,40,47-51,53-59,64-65,67-69,71-73H,4-17,20-37,39,41-45H2,1-3H3,(H,62,66)(H,63,70)(H,74,75)/b19-18-,40-38+/t47-,48+,49?,50+,51?,53+,54+,55-,56?,57?,58-,59+,61-/m0/s1. The van der Waals surface area contributed by atoms with Crippen LogP contribution in [0.3, 0.4) is 0 Å². The number of rotatable bonds is 49. The van der Waals surface area contributed by atoms with Gasteiger partial charge in [0.25, 0.3) is 5.79 Å². The summed E-state index contributed by atoms with van der Waals surface area (Å²) in [6.07, 6.45) is 28.7. The average Bonchev–Trinajstić information content (AvgIpc) is 3.50. The Hall–Kier alpha value is -2.59. The summed E-state index contributed by atoms with van der Waals surface area (Å²) >= 11 is 0. The number of carboxylic acids is 1. The van der Waals surface area contributed by atoms with Gasteiger partial charge in [0.1, 0.15) is 42.7 Å². The van der Waals surface area contributed by atoms with Gasteiger partial charge in [0.15, 0.2) is 6.29 Å². The highest BCUT2D eigenvalue weighted by Crippen LogP contribution is 2.37.